The number of rotatable bonds is 1. The van der Waals surface area contributed by atoms with Crippen molar-refractivity contribution in [2.45, 2.75) is 38.5 Å². The normalized spacial score (nSPS) is 33.6. The second-order valence-corrected chi connectivity index (χ2v) is 5.78. The van der Waals surface area contributed by atoms with Crippen molar-refractivity contribution in [2.75, 3.05) is 0 Å². The molecule has 0 N–H and O–H groups in total. The van der Waals surface area contributed by atoms with E-state index >= 15 is 0 Å². The van der Waals surface area contributed by atoms with Crippen LogP contribution in [0.3, 0.4) is 0 Å². The Morgan fingerprint density at radius 2 is 2.00 bits per heavy atom. The number of halogens is 1. The molecule has 1 heteroatoms. The molecular formula is C14H17Cl. The maximum absolute atomic E-state index is 6.13. The smallest absolute Gasteiger partial charge is 0.0411 e. The summed E-state index contributed by atoms with van der Waals surface area (Å²) in [4.78, 5) is 0. The quantitative estimate of drug-likeness (QED) is 0.651. The van der Waals surface area contributed by atoms with E-state index in [-0.39, 0.29) is 0 Å². The number of hydrogen-bond donors (Lipinski definition) is 0. The first-order valence-electron chi connectivity index (χ1n) is 5.99. The molecule has 0 aliphatic heterocycles. The van der Waals surface area contributed by atoms with E-state index in [1.54, 1.807) is 0 Å². The zero-order valence-electron chi connectivity index (χ0n) is 9.17. The van der Waals surface area contributed by atoms with Gasteiger partial charge in [-0.15, -0.1) is 0 Å². The second-order valence-electron chi connectivity index (χ2n) is 5.34. The predicted octanol–water partition coefficient (Wildman–Crippen LogP) is 4.55. The van der Waals surface area contributed by atoms with Gasteiger partial charge in [0.1, 0.15) is 0 Å². The first kappa shape index (κ1) is 9.72. The van der Waals surface area contributed by atoms with E-state index < -0.39 is 0 Å². The molecule has 1 aromatic carbocycles. The third-order valence-electron chi connectivity index (χ3n) is 4.23. The minimum Gasteiger partial charge on any atom is -0.0843 e. The third-order valence-corrected chi connectivity index (χ3v) is 4.45. The lowest BCUT2D eigenvalue weighted by Crippen LogP contribution is -2.08. The lowest BCUT2D eigenvalue weighted by atomic mass is 9.83. The van der Waals surface area contributed by atoms with Gasteiger partial charge >= 0.3 is 0 Å². The molecule has 80 valence electrons. The van der Waals surface area contributed by atoms with E-state index in [1.165, 1.54) is 36.8 Å². The highest BCUT2D eigenvalue weighted by atomic mass is 35.5. The van der Waals surface area contributed by atoms with Crippen LogP contribution in [0, 0.1) is 18.8 Å². The first-order chi connectivity index (χ1) is 7.22. The molecule has 0 heterocycles. The van der Waals surface area contributed by atoms with Crippen LogP contribution < -0.4 is 0 Å². The standard InChI is InChI=1S/C14H17Cl/c1-9-4-12(8-13(15)5-9)14-7-10-2-3-11(14)6-10/h4-5,8,10-11,14H,2-3,6-7H2,1H3. The summed E-state index contributed by atoms with van der Waals surface area (Å²) in [6.45, 7) is 2.14. The Balaban J connectivity index is 1.93. The molecular weight excluding hydrogens is 204 g/mol. The van der Waals surface area contributed by atoms with Gasteiger partial charge in [-0.1, -0.05) is 24.1 Å². The Morgan fingerprint density at radius 1 is 1.13 bits per heavy atom. The minimum atomic E-state index is 0.807. The zero-order valence-corrected chi connectivity index (χ0v) is 9.93. The van der Waals surface area contributed by atoms with Crippen molar-refractivity contribution >= 4 is 11.6 Å². The van der Waals surface area contributed by atoms with Gasteiger partial charge in [-0.25, -0.2) is 0 Å². The van der Waals surface area contributed by atoms with Gasteiger partial charge in [0.15, 0.2) is 0 Å². The Bertz CT molecular complexity index is 363. The fourth-order valence-corrected chi connectivity index (χ4v) is 3.93. The number of hydrogen-bond acceptors (Lipinski definition) is 0. The van der Waals surface area contributed by atoms with Crippen molar-refractivity contribution in [3.8, 4) is 0 Å². The molecule has 0 radical (unpaired) electrons. The van der Waals surface area contributed by atoms with E-state index in [0.29, 0.717) is 0 Å². The van der Waals surface area contributed by atoms with Crippen molar-refractivity contribution in [1.29, 1.82) is 0 Å². The summed E-state index contributed by atoms with van der Waals surface area (Å²) in [5.41, 5.74) is 2.80. The van der Waals surface area contributed by atoms with Gasteiger partial charge in [0.05, 0.1) is 0 Å². The highest BCUT2D eigenvalue weighted by Gasteiger charge is 2.40. The number of aryl methyl sites for hydroxylation is 1. The maximum Gasteiger partial charge on any atom is 0.0411 e. The molecule has 0 saturated heterocycles. The molecule has 0 amide bonds. The Kier molecular flexibility index (Phi) is 2.28. The van der Waals surface area contributed by atoms with Crippen molar-refractivity contribution in [2.24, 2.45) is 11.8 Å². The molecule has 15 heavy (non-hydrogen) atoms. The summed E-state index contributed by atoms with van der Waals surface area (Å²) >= 11 is 6.13. The van der Waals surface area contributed by atoms with Crippen molar-refractivity contribution in [3.63, 3.8) is 0 Å². The van der Waals surface area contributed by atoms with E-state index in [1.807, 2.05) is 0 Å². The topological polar surface area (TPSA) is 0 Å². The highest BCUT2D eigenvalue weighted by Crippen LogP contribution is 2.53. The summed E-state index contributed by atoms with van der Waals surface area (Å²) in [6.07, 6.45) is 5.79. The lowest BCUT2D eigenvalue weighted by Gasteiger charge is -2.22. The van der Waals surface area contributed by atoms with Crippen LogP contribution in [0.2, 0.25) is 5.02 Å². The fourth-order valence-electron chi connectivity index (χ4n) is 3.63. The number of fused-ring (bicyclic) bond motifs is 2. The van der Waals surface area contributed by atoms with Crippen LogP contribution in [0.25, 0.3) is 0 Å². The molecule has 3 atom stereocenters. The van der Waals surface area contributed by atoms with Gasteiger partial charge in [-0.05, 0) is 67.2 Å². The van der Waals surface area contributed by atoms with Gasteiger partial charge in [0.25, 0.3) is 0 Å². The van der Waals surface area contributed by atoms with Gasteiger partial charge < -0.3 is 0 Å². The van der Waals surface area contributed by atoms with Crippen LogP contribution in [-0.4, -0.2) is 0 Å². The molecule has 3 unspecified atom stereocenters. The first-order valence-corrected chi connectivity index (χ1v) is 6.37. The van der Waals surface area contributed by atoms with Gasteiger partial charge in [-0.3, -0.25) is 0 Å². The van der Waals surface area contributed by atoms with Gasteiger partial charge in [0, 0.05) is 5.02 Å². The monoisotopic (exact) mass is 220 g/mol. The lowest BCUT2D eigenvalue weighted by molar-refractivity contribution is 0.420. The van der Waals surface area contributed by atoms with Crippen LogP contribution in [0.1, 0.15) is 42.7 Å². The van der Waals surface area contributed by atoms with E-state index in [0.717, 1.165) is 22.8 Å². The molecule has 1 aromatic rings. The van der Waals surface area contributed by atoms with E-state index in [9.17, 15) is 0 Å². The molecule has 2 aliphatic rings. The molecule has 0 aromatic heterocycles. The number of benzene rings is 1. The third kappa shape index (κ3) is 1.69. The minimum absolute atomic E-state index is 0.807. The summed E-state index contributed by atoms with van der Waals surface area (Å²) in [6, 6.07) is 6.56. The summed E-state index contributed by atoms with van der Waals surface area (Å²) in [5.74, 6) is 2.77. The van der Waals surface area contributed by atoms with Crippen LogP contribution in [-0.2, 0) is 0 Å². The molecule has 0 spiro atoms. The van der Waals surface area contributed by atoms with Crippen LogP contribution in [0.5, 0.6) is 0 Å². The molecule has 2 saturated carbocycles. The highest BCUT2D eigenvalue weighted by molar-refractivity contribution is 6.30. The molecule has 2 bridgehead atoms. The zero-order chi connectivity index (χ0) is 10.4. The SMILES string of the molecule is Cc1cc(Cl)cc(C2CC3CCC2C3)c1. The van der Waals surface area contributed by atoms with Crippen LogP contribution >= 0.6 is 11.6 Å². The fraction of sp³-hybridized carbons (Fsp3) is 0.571. The Morgan fingerprint density at radius 3 is 2.60 bits per heavy atom. The van der Waals surface area contributed by atoms with Gasteiger partial charge in [-0.2, -0.15) is 0 Å². The largest absolute Gasteiger partial charge is 0.0843 e. The van der Waals surface area contributed by atoms with Crippen LogP contribution in [0.4, 0.5) is 0 Å². The second kappa shape index (κ2) is 3.52. The van der Waals surface area contributed by atoms with Gasteiger partial charge in [0.2, 0.25) is 0 Å². The molecule has 3 rings (SSSR count). The average Bonchev–Trinajstić information content (AvgIpc) is 2.76. The van der Waals surface area contributed by atoms with Crippen molar-refractivity contribution < 1.29 is 0 Å². The average molecular weight is 221 g/mol. The summed E-state index contributed by atoms with van der Waals surface area (Å²) in [5, 5.41) is 0.910. The Labute approximate surface area is 96.6 Å². The molecule has 2 fully saturated rings. The molecule has 0 nitrogen and oxygen atoms in total. The van der Waals surface area contributed by atoms with E-state index in [2.05, 4.69) is 25.1 Å². The van der Waals surface area contributed by atoms with Crippen LogP contribution in [0.15, 0.2) is 18.2 Å². The molecule has 2 aliphatic carbocycles. The van der Waals surface area contributed by atoms with Crippen molar-refractivity contribution in [1.82, 2.24) is 0 Å². The van der Waals surface area contributed by atoms with E-state index in [4.69, 9.17) is 11.6 Å². The summed E-state index contributed by atoms with van der Waals surface area (Å²) in [7, 11) is 0. The van der Waals surface area contributed by atoms with Crippen molar-refractivity contribution in [3.05, 3.63) is 34.3 Å². The Hall–Kier alpha value is -0.490. The summed E-state index contributed by atoms with van der Waals surface area (Å²) < 4.78 is 0. The predicted molar refractivity (Wildman–Crippen MR) is 64.4 cm³/mol. The maximum atomic E-state index is 6.13.